The lowest BCUT2D eigenvalue weighted by Crippen LogP contribution is -2.05. The third kappa shape index (κ3) is 4.63. The molecule has 0 saturated carbocycles. The SMILES string of the molecule is CCCCCCOc1ccc(C(=O)OC)c(C#N)c1. The number of carbonyl (C=O) groups excluding carboxylic acids is 1. The van der Waals surface area contributed by atoms with E-state index >= 15 is 0 Å². The molecule has 0 atom stereocenters. The zero-order chi connectivity index (χ0) is 14.1. The number of nitrogens with zero attached hydrogens (tertiary/aromatic N) is 1. The quantitative estimate of drug-likeness (QED) is 0.558. The summed E-state index contributed by atoms with van der Waals surface area (Å²) in [5.41, 5.74) is 0.543. The van der Waals surface area contributed by atoms with E-state index in [0.717, 1.165) is 12.8 Å². The molecule has 4 nitrogen and oxygen atoms in total. The molecule has 0 saturated heterocycles. The van der Waals surface area contributed by atoms with Crippen molar-refractivity contribution in [3.63, 3.8) is 0 Å². The van der Waals surface area contributed by atoms with Crippen LogP contribution in [0.5, 0.6) is 5.75 Å². The molecular weight excluding hydrogens is 242 g/mol. The summed E-state index contributed by atoms with van der Waals surface area (Å²) >= 11 is 0. The first-order chi connectivity index (χ1) is 9.22. The van der Waals surface area contributed by atoms with E-state index in [1.54, 1.807) is 18.2 Å². The fourth-order valence-electron chi connectivity index (χ4n) is 1.71. The molecule has 0 spiro atoms. The van der Waals surface area contributed by atoms with Crippen molar-refractivity contribution in [3.8, 4) is 11.8 Å². The Morgan fingerprint density at radius 1 is 1.32 bits per heavy atom. The number of methoxy groups -OCH3 is 1. The van der Waals surface area contributed by atoms with Gasteiger partial charge in [-0.3, -0.25) is 0 Å². The van der Waals surface area contributed by atoms with Gasteiger partial charge in [-0.05, 0) is 24.6 Å². The van der Waals surface area contributed by atoms with Crippen molar-refractivity contribution in [1.82, 2.24) is 0 Å². The molecule has 0 heterocycles. The van der Waals surface area contributed by atoms with E-state index in [0.29, 0.717) is 12.4 Å². The van der Waals surface area contributed by atoms with Gasteiger partial charge >= 0.3 is 5.97 Å². The fraction of sp³-hybridized carbons (Fsp3) is 0.467. The molecular formula is C15H19NO3. The molecule has 4 heteroatoms. The van der Waals surface area contributed by atoms with Crippen LogP contribution in [0, 0.1) is 11.3 Å². The lowest BCUT2D eigenvalue weighted by Gasteiger charge is -2.08. The number of hydrogen-bond donors (Lipinski definition) is 0. The van der Waals surface area contributed by atoms with Crippen LogP contribution in [0.1, 0.15) is 48.5 Å². The lowest BCUT2D eigenvalue weighted by molar-refractivity contribution is 0.0600. The molecule has 0 aliphatic rings. The summed E-state index contributed by atoms with van der Waals surface area (Å²) in [5.74, 6) is 0.103. The van der Waals surface area contributed by atoms with Crippen molar-refractivity contribution in [2.75, 3.05) is 13.7 Å². The van der Waals surface area contributed by atoms with Gasteiger partial charge in [0, 0.05) is 0 Å². The molecule has 0 aliphatic carbocycles. The van der Waals surface area contributed by atoms with E-state index in [9.17, 15) is 4.79 Å². The second-order valence-corrected chi connectivity index (χ2v) is 4.22. The molecule has 0 aliphatic heterocycles. The monoisotopic (exact) mass is 261 g/mol. The predicted octanol–water partition coefficient (Wildman–Crippen LogP) is 3.30. The number of carbonyl (C=O) groups is 1. The van der Waals surface area contributed by atoms with Gasteiger partial charge in [0.05, 0.1) is 24.8 Å². The molecule has 19 heavy (non-hydrogen) atoms. The highest BCUT2D eigenvalue weighted by Crippen LogP contribution is 2.18. The predicted molar refractivity (Wildman–Crippen MR) is 72.1 cm³/mol. The van der Waals surface area contributed by atoms with Crippen molar-refractivity contribution in [2.45, 2.75) is 32.6 Å². The summed E-state index contributed by atoms with van der Waals surface area (Å²) in [6.07, 6.45) is 4.52. The van der Waals surface area contributed by atoms with Crippen LogP contribution in [0.4, 0.5) is 0 Å². The second-order valence-electron chi connectivity index (χ2n) is 4.22. The number of rotatable bonds is 7. The zero-order valence-electron chi connectivity index (χ0n) is 11.4. The normalized spacial score (nSPS) is 9.74. The van der Waals surface area contributed by atoms with Crippen LogP contribution < -0.4 is 4.74 Å². The summed E-state index contributed by atoms with van der Waals surface area (Å²) in [4.78, 5) is 11.4. The Morgan fingerprint density at radius 3 is 2.74 bits per heavy atom. The van der Waals surface area contributed by atoms with Gasteiger partial charge in [0.1, 0.15) is 11.8 Å². The maximum absolute atomic E-state index is 11.4. The van der Waals surface area contributed by atoms with Crippen LogP contribution in [0.25, 0.3) is 0 Å². The highest BCUT2D eigenvalue weighted by molar-refractivity contribution is 5.92. The molecule has 1 aromatic rings. The molecule has 1 aromatic carbocycles. The Labute approximate surface area is 113 Å². The largest absolute Gasteiger partial charge is 0.494 e. The van der Waals surface area contributed by atoms with Crippen LogP contribution in [0.3, 0.4) is 0 Å². The Bertz CT molecular complexity index is 463. The van der Waals surface area contributed by atoms with Crippen molar-refractivity contribution >= 4 is 5.97 Å². The number of esters is 1. The van der Waals surface area contributed by atoms with Crippen molar-refractivity contribution in [3.05, 3.63) is 29.3 Å². The number of ether oxygens (including phenoxy) is 2. The molecule has 0 fully saturated rings. The first kappa shape index (κ1) is 15.0. The molecule has 102 valence electrons. The minimum absolute atomic E-state index is 0.267. The molecule has 1 rings (SSSR count). The van der Waals surface area contributed by atoms with Crippen LogP contribution >= 0.6 is 0 Å². The van der Waals surface area contributed by atoms with Gasteiger partial charge in [-0.25, -0.2) is 4.79 Å². The van der Waals surface area contributed by atoms with E-state index < -0.39 is 5.97 Å². The van der Waals surface area contributed by atoms with E-state index in [1.807, 2.05) is 6.07 Å². The Hall–Kier alpha value is -2.02. The number of benzene rings is 1. The summed E-state index contributed by atoms with van der Waals surface area (Å²) < 4.78 is 10.2. The topological polar surface area (TPSA) is 59.3 Å². The maximum Gasteiger partial charge on any atom is 0.339 e. The number of nitriles is 1. The van der Waals surface area contributed by atoms with Gasteiger partial charge in [0.25, 0.3) is 0 Å². The molecule has 0 amide bonds. The molecule has 0 bridgehead atoms. The van der Waals surface area contributed by atoms with Crippen LogP contribution in [-0.4, -0.2) is 19.7 Å². The molecule has 0 N–H and O–H groups in total. The average molecular weight is 261 g/mol. The van der Waals surface area contributed by atoms with E-state index in [2.05, 4.69) is 11.7 Å². The van der Waals surface area contributed by atoms with Gasteiger partial charge in [-0.15, -0.1) is 0 Å². The van der Waals surface area contributed by atoms with Gasteiger partial charge in [-0.1, -0.05) is 26.2 Å². The average Bonchev–Trinajstić information content (AvgIpc) is 2.46. The summed E-state index contributed by atoms with van der Waals surface area (Å²) in [6, 6.07) is 6.81. The Morgan fingerprint density at radius 2 is 2.11 bits per heavy atom. The fourth-order valence-corrected chi connectivity index (χ4v) is 1.71. The molecule has 0 unspecified atom stereocenters. The summed E-state index contributed by atoms with van der Waals surface area (Å²) in [6.45, 7) is 2.79. The highest BCUT2D eigenvalue weighted by Gasteiger charge is 2.12. The van der Waals surface area contributed by atoms with Crippen molar-refractivity contribution in [2.24, 2.45) is 0 Å². The number of hydrogen-bond acceptors (Lipinski definition) is 4. The van der Waals surface area contributed by atoms with Crippen LogP contribution in [-0.2, 0) is 4.74 Å². The summed E-state index contributed by atoms with van der Waals surface area (Å²) in [5, 5.41) is 9.02. The Balaban J connectivity index is 2.62. The van der Waals surface area contributed by atoms with E-state index in [1.165, 1.54) is 20.0 Å². The van der Waals surface area contributed by atoms with Crippen LogP contribution in [0.2, 0.25) is 0 Å². The molecule has 0 aromatic heterocycles. The standard InChI is InChI=1S/C15H19NO3/c1-3-4-5-6-9-19-13-7-8-14(15(17)18-2)12(10-13)11-16/h7-8,10H,3-6,9H2,1-2H3. The third-order valence-electron chi connectivity index (χ3n) is 2.78. The first-order valence-electron chi connectivity index (χ1n) is 6.48. The Kier molecular flexibility index (Phi) is 6.45. The lowest BCUT2D eigenvalue weighted by atomic mass is 10.1. The maximum atomic E-state index is 11.4. The minimum Gasteiger partial charge on any atom is -0.494 e. The van der Waals surface area contributed by atoms with Crippen LogP contribution in [0.15, 0.2) is 18.2 Å². The molecule has 0 radical (unpaired) electrons. The van der Waals surface area contributed by atoms with Crippen molar-refractivity contribution in [1.29, 1.82) is 5.26 Å². The minimum atomic E-state index is -0.508. The van der Waals surface area contributed by atoms with Gasteiger partial charge in [0.2, 0.25) is 0 Å². The third-order valence-corrected chi connectivity index (χ3v) is 2.78. The van der Waals surface area contributed by atoms with Gasteiger partial charge in [-0.2, -0.15) is 5.26 Å². The van der Waals surface area contributed by atoms with E-state index in [4.69, 9.17) is 10.00 Å². The second kappa shape index (κ2) is 8.15. The van der Waals surface area contributed by atoms with Crippen molar-refractivity contribution < 1.29 is 14.3 Å². The van der Waals surface area contributed by atoms with E-state index in [-0.39, 0.29) is 11.1 Å². The smallest absolute Gasteiger partial charge is 0.339 e. The highest BCUT2D eigenvalue weighted by atomic mass is 16.5. The number of unbranched alkanes of at least 4 members (excludes halogenated alkanes) is 3. The summed E-state index contributed by atoms with van der Waals surface area (Å²) in [7, 11) is 1.29. The first-order valence-corrected chi connectivity index (χ1v) is 6.48. The van der Waals surface area contributed by atoms with Gasteiger partial charge in [0.15, 0.2) is 0 Å². The van der Waals surface area contributed by atoms with Gasteiger partial charge < -0.3 is 9.47 Å². The zero-order valence-corrected chi connectivity index (χ0v) is 11.4.